The number of ether oxygens (including phenoxy) is 3. The first kappa shape index (κ1) is 19.1. The molecule has 7 nitrogen and oxygen atoms in total. The summed E-state index contributed by atoms with van der Waals surface area (Å²) in [5.41, 5.74) is 9.81. The number of hydrogen-bond donors (Lipinski definition) is 4. The lowest BCUT2D eigenvalue weighted by atomic mass is 10.7. The van der Waals surface area contributed by atoms with Crippen molar-refractivity contribution in [2.75, 3.05) is 65.9 Å². The van der Waals surface area contributed by atoms with E-state index in [-0.39, 0.29) is 13.2 Å². The molecule has 7 heteroatoms. The molecular formula is C10H26N2O5. The average Bonchev–Trinajstić information content (AvgIpc) is 2.37. The molecule has 0 radical (unpaired) electrons. The van der Waals surface area contributed by atoms with Gasteiger partial charge in [0.25, 0.3) is 0 Å². The minimum Gasteiger partial charge on any atom is -0.394 e. The Kier molecular flexibility index (Phi) is 23.6. The monoisotopic (exact) mass is 254 g/mol. The summed E-state index contributed by atoms with van der Waals surface area (Å²) in [5.74, 6) is 0. The van der Waals surface area contributed by atoms with E-state index in [2.05, 4.69) is 0 Å². The smallest absolute Gasteiger partial charge is 0.0701 e. The number of nitrogens with two attached hydrogens (primary N) is 2. The lowest BCUT2D eigenvalue weighted by Crippen LogP contribution is -2.11. The normalized spacial score (nSPS) is 9.88. The number of rotatable bonds is 11. The summed E-state index contributed by atoms with van der Waals surface area (Å²) < 4.78 is 15.0. The molecule has 0 aromatic rings. The first-order valence-electron chi connectivity index (χ1n) is 5.68. The molecule has 106 valence electrons. The highest BCUT2D eigenvalue weighted by Gasteiger charge is 1.89. The van der Waals surface area contributed by atoms with E-state index < -0.39 is 0 Å². The topological polar surface area (TPSA) is 120 Å². The third-order valence-corrected chi connectivity index (χ3v) is 1.38. The lowest BCUT2D eigenvalue weighted by molar-refractivity contribution is 0.00230. The summed E-state index contributed by atoms with van der Waals surface area (Å²) in [5, 5.41) is 16.7. The zero-order valence-electron chi connectivity index (χ0n) is 10.3. The number of aliphatic hydroxyl groups excluding tert-OH is 2. The first-order chi connectivity index (χ1) is 8.33. The second-order valence-corrected chi connectivity index (χ2v) is 2.86. The fraction of sp³-hybridized carbons (Fsp3) is 1.00. The second-order valence-electron chi connectivity index (χ2n) is 2.86. The zero-order valence-corrected chi connectivity index (χ0v) is 10.3. The van der Waals surface area contributed by atoms with Gasteiger partial charge in [0.2, 0.25) is 0 Å². The van der Waals surface area contributed by atoms with Gasteiger partial charge in [-0.3, -0.25) is 0 Å². The van der Waals surface area contributed by atoms with Crippen molar-refractivity contribution < 1.29 is 24.4 Å². The van der Waals surface area contributed by atoms with E-state index in [1.54, 1.807) is 0 Å². The Balaban J connectivity index is 0. The molecule has 0 aliphatic carbocycles. The van der Waals surface area contributed by atoms with Crippen LogP contribution in [0.5, 0.6) is 0 Å². The Morgan fingerprint density at radius 1 is 0.588 bits per heavy atom. The standard InChI is InChI=1S/C8H18O5.C2H8N2/c9-1-3-11-5-7-13-8-6-12-4-2-10;3-1-2-4/h9-10H,1-8H2;1-4H2. The van der Waals surface area contributed by atoms with E-state index in [0.717, 1.165) is 0 Å². The quantitative estimate of drug-likeness (QED) is 0.312. The molecule has 0 aliphatic rings. The van der Waals surface area contributed by atoms with E-state index in [9.17, 15) is 0 Å². The van der Waals surface area contributed by atoms with Gasteiger partial charge in [-0.15, -0.1) is 0 Å². The van der Waals surface area contributed by atoms with Crippen LogP contribution in [0.1, 0.15) is 0 Å². The van der Waals surface area contributed by atoms with Crippen molar-refractivity contribution in [3.8, 4) is 0 Å². The van der Waals surface area contributed by atoms with Crippen LogP contribution < -0.4 is 11.5 Å². The van der Waals surface area contributed by atoms with Crippen molar-refractivity contribution in [2.45, 2.75) is 0 Å². The van der Waals surface area contributed by atoms with Crippen LogP contribution in [0.15, 0.2) is 0 Å². The van der Waals surface area contributed by atoms with Crippen LogP contribution in [0, 0.1) is 0 Å². The molecule has 0 bridgehead atoms. The van der Waals surface area contributed by atoms with Crippen molar-refractivity contribution in [3.63, 3.8) is 0 Å². The molecule has 6 N–H and O–H groups in total. The maximum atomic E-state index is 8.36. The molecule has 0 aliphatic heterocycles. The van der Waals surface area contributed by atoms with Crippen molar-refractivity contribution in [2.24, 2.45) is 11.5 Å². The molecule has 0 fully saturated rings. The van der Waals surface area contributed by atoms with Crippen LogP contribution in [0.3, 0.4) is 0 Å². The largest absolute Gasteiger partial charge is 0.394 e. The molecule has 0 spiro atoms. The van der Waals surface area contributed by atoms with Crippen LogP contribution in [0.2, 0.25) is 0 Å². The SMILES string of the molecule is NCCN.OCCOCCOCCOCCO. The third kappa shape index (κ3) is 25.7. The zero-order chi connectivity index (χ0) is 13.2. The molecule has 0 aromatic heterocycles. The van der Waals surface area contributed by atoms with Gasteiger partial charge in [-0.25, -0.2) is 0 Å². The highest BCUT2D eigenvalue weighted by Crippen LogP contribution is 1.80. The molecule has 0 amide bonds. The molecule has 0 saturated carbocycles. The number of aliphatic hydroxyl groups is 2. The van der Waals surface area contributed by atoms with Gasteiger partial charge in [0, 0.05) is 13.1 Å². The Morgan fingerprint density at radius 3 is 1.12 bits per heavy atom. The van der Waals surface area contributed by atoms with Gasteiger partial charge in [0.1, 0.15) is 0 Å². The van der Waals surface area contributed by atoms with E-state index in [1.165, 1.54) is 0 Å². The Hall–Kier alpha value is -0.280. The molecule has 0 unspecified atom stereocenters. The minimum absolute atomic E-state index is 0.0413. The van der Waals surface area contributed by atoms with E-state index in [1.807, 2.05) is 0 Å². The van der Waals surface area contributed by atoms with Crippen molar-refractivity contribution >= 4 is 0 Å². The Morgan fingerprint density at radius 2 is 0.882 bits per heavy atom. The summed E-state index contributed by atoms with van der Waals surface area (Å²) in [6, 6.07) is 0. The average molecular weight is 254 g/mol. The summed E-state index contributed by atoms with van der Waals surface area (Å²) in [4.78, 5) is 0. The Labute approximate surface area is 103 Å². The maximum Gasteiger partial charge on any atom is 0.0701 e. The highest BCUT2D eigenvalue weighted by molar-refractivity contribution is 4.33. The Bertz CT molecular complexity index is 107. The fourth-order valence-electron chi connectivity index (χ4n) is 0.671. The van der Waals surface area contributed by atoms with Gasteiger partial charge in [-0.2, -0.15) is 0 Å². The van der Waals surface area contributed by atoms with Crippen molar-refractivity contribution in [1.29, 1.82) is 0 Å². The van der Waals surface area contributed by atoms with Crippen LogP contribution in [0.4, 0.5) is 0 Å². The molecule has 0 rings (SSSR count). The molecule has 17 heavy (non-hydrogen) atoms. The molecule has 0 aromatic carbocycles. The van der Waals surface area contributed by atoms with Gasteiger partial charge in [0.05, 0.1) is 52.9 Å². The van der Waals surface area contributed by atoms with Gasteiger partial charge in [0.15, 0.2) is 0 Å². The highest BCUT2D eigenvalue weighted by atomic mass is 16.5. The van der Waals surface area contributed by atoms with Crippen molar-refractivity contribution in [3.05, 3.63) is 0 Å². The van der Waals surface area contributed by atoms with Gasteiger partial charge in [-0.05, 0) is 0 Å². The molecule has 0 atom stereocenters. The summed E-state index contributed by atoms with van der Waals surface area (Å²) >= 11 is 0. The predicted octanol–water partition coefficient (Wildman–Crippen LogP) is -2.08. The van der Waals surface area contributed by atoms with Crippen LogP contribution in [-0.4, -0.2) is 76.2 Å². The second kappa shape index (κ2) is 21.1. The number of hydrogen-bond acceptors (Lipinski definition) is 7. The maximum absolute atomic E-state index is 8.36. The molecule has 0 heterocycles. The van der Waals surface area contributed by atoms with E-state index in [4.69, 9.17) is 35.9 Å². The summed E-state index contributed by atoms with van der Waals surface area (Å²) in [6.45, 7) is 3.96. The predicted molar refractivity (Wildman–Crippen MR) is 64.7 cm³/mol. The fourth-order valence-corrected chi connectivity index (χ4v) is 0.671. The van der Waals surface area contributed by atoms with Gasteiger partial charge in [-0.1, -0.05) is 0 Å². The van der Waals surface area contributed by atoms with Gasteiger partial charge < -0.3 is 35.9 Å². The van der Waals surface area contributed by atoms with Crippen molar-refractivity contribution in [1.82, 2.24) is 0 Å². The van der Waals surface area contributed by atoms with Gasteiger partial charge >= 0.3 is 0 Å². The van der Waals surface area contributed by atoms with Crippen LogP contribution in [-0.2, 0) is 14.2 Å². The minimum atomic E-state index is 0.0413. The third-order valence-electron chi connectivity index (χ3n) is 1.38. The van der Waals surface area contributed by atoms with E-state index >= 15 is 0 Å². The lowest BCUT2D eigenvalue weighted by Gasteiger charge is -2.04. The van der Waals surface area contributed by atoms with E-state index in [0.29, 0.717) is 52.7 Å². The first-order valence-corrected chi connectivity index (χ1v) is 5.68. The van der Waals surface area contributed by atoms with Crippen LogP contribution >= 0.6 is 0 Å². The van der Waals surface area contributed by atoms with Crippen LogP contribution in [0.25, 0.3) is 0 Å². The summed E-state index contributed by atoms with van der Waals surface area (Å²) in [7, 11) is 0. The molecular weight excluding hydrogens is 228 g/mol. The summed E-state index contributed by atoms with van der Waals surface area (Å²) in [6.07, 6.45) is 0. The molecule has 0 saturated heterocycles.